The van der Waals surface area contributed by atoms with Gasteiger partial charge in [-0.3, -0.25) is 0 Å². The van der Waals surface area contributed by atoms with Crippen molar-refractivity contribution in [2.75, 3.05) is 0 Å². The van der Waals surface area contributed by atoms with Gasteiger partial charge in [0.15, 0.2) is 0 Å². The second-order valence-electron chi connectivity index (χ2n) is 3.96. The summed E-state index contributed by atoms with van der Waals surface area (Å²) in [6.07, 6.45) is 0.910. The van der Waals surface area contributed by atoms with Crippen molar-refractivity contribution in [1.82, 2.24) is 0 Å². The monoisotopic (exact) mass is 454 g/mol. The van der Waals surface area contributed by atoms with Gasteiger partial charge in [0.2, 0.25) is 0 Å². The van der Waals surface area contributed by atoms with E-state index in [-0.39, 0.29) is 4.83 Å². The molecule has 0 heterocycles. The lowest BCUT2D eigenvalue weighted by atomic mass is 10.0. The molecule has 0 aliphatic heterocycles. The second kappa shape index (κ2) is 6.60. The van der Waals surface area contributed by atoms with Crippen molar-refractivity contribution in [1.29, 1.82) is 0 Å². The lowest BCUT2D eigenvalue weighted by Crippen LogP contribution is -1.98. The Morgan fingerprint density at radius 2 is 1.61 bits per heavy atom. The van der Waals surface area contributed by atoms with Crippen LogP contribution in [0.1, 0.15) is 16.0 Å². The standard InChI is InChI=1S/C14H10BrCl2I/c15-13(7-9-1-3-10(16)4-2-9)12-8-11(17)5-6-14(12)18/h1-6,8,13H,7H2. The number of alkyl halides is 1. The van der Waals surface area contributed by atoms with Gasteiger partial charge >= 0.3 is 0 Å². The Morgan fingerprint density at radius 1 is 1.00 bits per heavy atom. The summed E-state index contributed by atoms with van der Waals surface area (Å²) in [5.74, 6) is 0. The molecular weight excluding hydrogens is 446 g/mol. The molecule has 0 bridgehead atoms. The topological polar surface area (TPSA) is 0 Å². The summed E-state index contributed by atoms with van der Waals surface area (Å²) in [4.78, 5) is 0.254. The first-order valence-corrected chi connectivity index (χ1v) is 8.15. The molecule has 0 spiro atoms. The highest BCUT2D eigenvalue weighted by Gasteiger charge is 2.12. The van der Waals surface area contributed by atoms with Gasteiger partial charge in [0.05, 0.1) is 0 Å². The molecule has 94 valence electrons. The first kappa shape index (κ1) is 14.6. The van der Waals surface area contributed by atoms with Gasteiger partial charge in [0, 0.05) is 18.4 Å². The molecule has 1 atom stereocenters. The van der Waals surface area contributed by atoms with E-state index in [1.165, 1.54) is 14.7 Å². The fourth-order valence-electron chi connectivity index (χ4n) is 1.69. The molecule has 0 aliphatic carbocycles. The first-order chi connectivity index (χ1) is 8.56. The van der Waals surface area contributed by atoms with E-state index in [2.05, 4.69) is 38.5 Å². The van der Waals surface area contributed by atoms with Crippen LogP contribution in [0.25, 0.3) is 0 Å². The lowest BCUT2D eigenvalue weighted by Gasteiger charge is -2.13. The van der Waals surface area contributed by atoms with Crippen molar-refractivity contribution in [2.45, 2.75) is 11.2 Å². The van der Waals surface area contributed by atoms with E-state index < -0.39 is 0 Å². The van der Waals surface area contributed by atoms with Crippen LogP contribution in [0.2, 0.25) is 10.0 Å². The average Bonchev–Trinajstić information content (AvgIpc) is 2.35. The number of benzene rings is 2. The Kier molecular flexibility index (Phi) is 5.36. The molecule has 0 N–H and O–H groups in total. The zero-order chi connectivity index (χ0) is 13.1. The van der Waals surface area contributed by atoms with E-state index in [1.807, 2.05) is 42.5 Å². The predicted octanol–water partition coefficient (Wildman–Crippen LogP) is 6.28. The third kappa shape index (κ3) is 3.86. The molecule has 0 fully saturated rings. The van der Waals surface area contributed by atoms with E-state index in [1.54, 1.807) is 0 Å². The number of rotatable bonds is 3. The Hall–Kier alpha value is 0.230. The van der Waals surface area contributed by atoms with Gasteiger partial charge in [0.25, 0.3) is 0 Å². The molecule has 2 aromatic rings. The average molecular weight is 456 g/mol. The minimum Gasteiger partial charge on any atom is -0.0843 e. The molecule has 0 nitrogen and oxygen atoms in total. The molecule has 0 saturated carbocycles. The SMILES string of the molecule is Clc1ccc(CC(Br)c2cc(Cl)ccc2I)cc1. The van der Waals surface area contributed by atoms with Crippen molar-refractivity contribution in [3.05, 3.63) is 67.2 Å². The maximum Gasteiger partial charge on any atom is 0.0446 e. The molecule has 4 heteroatoms. The minimum atomic E-state index is 0.254. The normalized spacial score (nSPS) is 12.4. The van der Waals surface area contributed by atoms with Crippen LogP contribution in [0, 0.1) is 3.57 Å². The molecule has 0 amide bonds. The van der Waals surface area contributed by atoms with Gasteiger partial charge < -0.3 is 0 Å². The largest absolute Gasteiger partial charge is 0.0843 e. The Balaban J connectivity index is 2.18. The van der Waals surface area contributed by atoms with Gasteiger partial charge in [-0.25, -0.2) is 0 Å². The number of halogens is 4. The smallest absolute Gasteiger partial charge is 0.0446 e. The van der Waals surface area contributed by atoms with Crippen molar-refractivity contribution in [3.8, 4) is 0 Å². The molecular formula is C14H10BrCl2I. The summed E-state index contributed by atoms with van der Waals surface area (Å²) < 4.78 is 1.22. The van der Waals surface area contributed by atoms with Crippen LogP contribution in [-0.4, -0.2) is 0 Å². The summed E-state index contributed by atoms with van der Waals surface area (Å²) >= 11 is 18.0. The van der Waals surface area contributed by atoms with Crippen molar-refractivity contribution in [3.63, 3.8) is 0 Å². The highest BCUT2D eigenvalue weighted by atomic mass is 127. The van der Waals surface area contributed by atoms with Gasteiger partial charge in [-0.2, -0.15) is 0 Å². The number of hydrogen-bond acceptors (Lipinski definition) is 0. The quantitative estimate of drug-likeness (QED) is 0.377. The van der Waals surface area contributed by atoms with E-state index in [0.29, 0.717) is 0 Å². The van der Waals surface area contributed by atoms with Crippen molar-refractivity contribution in [2.24, 2.45) is 0 Å². The van der Waals surface area contributed by atoms with Crippen LogP contribution in [0.5, 0.6) is 0 Å². The lowest BCUT2D eigenvalue weighted by molar-refractivity contribution is 0.943. The maximum atomic E-state index is 6.04. The van der Waals surface area contributed by atoms with Crippen LogP contribution in [0.15, 0.2) is 42.5 Å². The van der Waals surface area contributed by atoms with Crippen LogP contribution >= 0.6 is 61.7 Å². The molecule has 0 aromatic heterocycles. The third-order valence-electron chi connectivity index (χ3n) is 2.62. The Labute approximate surface area is 139 Å². The highest BCUT2D eigenvalue weighted by Crippen LogP contribution is 2.32. The van der Waals surface area contributed by atoms with Crippen molar-refractivity contribution < 1.29 is 0 Å². The summed E-state index contributed by atoms with van der Waals surface area (Å²) in [5, 5.41) is 1.54. The molecule has 18 heavy (non-hydrogen) atoms. The Morgan fingerprint density at radius 3 is 2.28 bits per heavy atom. The Bertz CT molecular complexity index is 540. The van der Waals surface area contributed by atoms with Crippen LogP contribution in [0.3, 0.4) is 0 Å². The first-order valence-electron chi connectivity index (χ1n) is 5.40. The minimum absolute atomic E-state index is 0.254. The molecule has 0 radical (unpaired) electrons. The summed E-state index contributed by atoms with van der Waals surface area (Å²) in [6, 6.07) is 13.9. The van der Waals surface area contributed by atoms with Crippen LogP contribution < -0.4 is 0 Å². The molecule has 2 rings (SSSR count). The summed E-state index contributed by atoms with van der Waals surface area (Å²) in [5.41, 5.74) is 2.47. The van der Waals surface area contributed by atoms with Gasteiger partial charge in [-0.05, 0) is 70.5 Å². The second-order valence-corrected chi connectivity index (χ2v) is 7.10. The van der Waals surface area contributed by atoms with E-state index in [9.17, 15) is 0 Å². The fourth-order valence-corrected chi connectivity index (χ4v) is 3.89. The zero-order valence-electron chi connectivity index (χ0n) is 9.34. The van der Waals surface area contributed by atoms with E-state index >= 15 is 0 Å². The van der Waals surface area contributed by atoms with Crippen LogP contribution in [0.4, 0.5) is 0 Å². The fraction of sp³-hybridized carbons (Fsp3) is 0.143. The third-order valence-corrected chi connectivity index (χ3v) is 4.91. The molecule has 0 saturated heterocycles. The highest BCUT2D eigenvalue weighted by molar-refractivity contribution is 14.1. The van der Waals surface area contributed by atoms with Crippen LogP contribution in [-0.2, 0) is 6.42 Å². The summed E-state index contributed by atoms with van der Waals surface area (Å²) in [7, 11) is 0. The zero-order valence-corrected chi connectivity index (χ0v) is 14.6. The molecule has 1 unspecified atom stereocenters. The predicted molar refractivity (Wildman–Crippen MR) is 91.0 cm³/mol. The maximum absolute atomic E-state index is 6.04. The molecule has 0 aliphatic rings. The van der Waals surface area contributed by atoms with Gasteiger partial charge in [0.1, 0.15) is 0 Å². The molecule has 2 aromatic carbocycles. The van der Waals surface area contributed by atoms with E-state index in [4.69, 9.17) is 23.2 Å². The van der Waals surface area contributed by atoms with Gasteiger partial charge in [-0.15, -0.1) is 0 Å². The van der Waals surface area contributed by atoms with E-state index in [0.717, 1.165) is 16.5 Å². The number of hydrogen-bond donors (Lipinski definition) is 0. The van der Waals surface area contributed by atoms with Crippen molar-refractivity contribution >= 4 is 61.7 Å². The van der Waals surface area contributed by atoms with Gasteiger partial charge in [-0.1, -0.05) is 51.3 Å². The summed E-state index contributed by atoms with van der Waals surface area (Å²) in [6.45, 7) is 0.